The Labute approximate surface area is 159 Å². The number of benzene rings is 1. The number of oxime groups is 1. The van der Waals surface area contributed by atoms with E-state index in [0.717, 1.165) is 6.42 Å². The molecular weight excluding hydrogens is 378 g/mol. The van der Waals surface area contributed by atoms with Crippen LogP contribution >= 0.6 is 0 Å². The van der Waals surface area contributed by atoms with Gasteiger partial charge in [0.2, 0.25) is 0 Å². The fraction of sp³-hybridized carbons (Fsp3) is 0.556. The largest absolute Gasteiger partial charge is 0.485 e. The SMILES string of the molecule is O=C(O)N1CC[C@H](Oc2cc(C3=NOC4(CCOC4)C3)ccc2OC(F)F)C1. The minimum atomic E-state index is -3.00. The maximum atomic E-state index is 12.8. The van der Waals surface area contributed by atoms with E-state index < -0.39 is 24.4 Å². The fourth-order valence-corrected chi connectivity index (χ4v) is 3.63. The zero-order valence-corrected chi connectivity index (χ0v) is 15.0. The average Bonchev–Trinajstić information content (AvgIpc) is 3.39. The number of likely N-dealkylation sites (tertiary alicyclic amines) is 1. The number of rotatable bonds is 5. The number of alkyl halides is 2. The molecule has 0 aromatic heterocycles. The van der Waals surface area contributed by atoms with Gasteiger partial charge >= 0.3 is 12.7 Å². The van der Waals surface area contributed by atoms with Crippen LogP contribution in [0.25, 0.3) is 0 Å². The van der Waals surface area contributed by atoms with Gasteiger partial charge in [-0.3, -0.25) is 0 Å². The van der Waals surface area contributed by atoms with Gasteiger partial charge in [0, 0.05) is 31.4 Å². The molecule has 10 heteroatoms. The fourth-order valence-electron chi connectivity index (χ4n) is 3.63. The highest BCUT2D eigenvalue weighted by atomic mass is 19.3. The van der Waals surface area contributed by atoms with E-state index in [-0.39, 0.29) is 18.0 Å². The summed E-state index contributed by atoms with van der Waals surface area (Å²) in [7, 11) is 0. The first-order valence-electron chi connectivity index (χ1n) is 9.01. The Bertz CT molecular complexity index is 781. The molecule has 28 heavy (non-hydrogen) atoms. The van der Waals surface area contributed by atoms with Crippen LogP contribution < -0.4 is 9.47 Å². The van der Waals surface area contributed by atoms with Crippen molar-refractivity contribution < 1.29 is 37.7 Å². The van der Waals surface area contributed by atoms with Crippen LogP contribution in [0.1, 0.15) is 24.8 Å². The van der Waals surface area contributed by atoms with E-state index in [4.69, 9.17) is 19.4 Å². The minimum absolute atomic E-state index is 0.106. The summed E-state index contributed by atoms with van der Waals surface area (Å²) in [6, 6.07) is 4.61. The van der Waals surface area contributed by atoms with Crippen LogP contribution in [0.3, 0.4) is 0 Å². The summed E-state index contributed by atoms with van der Waals surface area (Å²) < 4.78 is 41.3. The molecule has 4 rings (SSSR count). The lowest BCUT2D eigenvalue weighted by atomic mass is 9.93. The van der Waals surface area contributed by atoms with Crippen LogP contribution in [0.5, 0.6) is 11.5 Å². The van der Waals surface area contributed by atoms with Gasteiger partial charge < -0.3 is 29.1 Å². The predicted molar refractivity (Wildman–Crippen MR) is 92.1 cm³/mol. The highest BCUT2D eigenvalue weighted by Gasteiger charge is 2.43. The number of carboxylic acid groups (broad SMARTS) is 1. The van der Waals surface area contributed by atoms with E-state index in [2.05, 4.69) is 9.89 Å². The van der Waals surface area contributed by atoms with Gasteiger partial charge in [-0.25, -0.2) is 4.79 Å². The Kier molecular flexibility index (Phi) is 4.96. The normalized spacial score (nSPS) is 26.6. The topological polar surface area (TPSA) is 89.8 Å². The number of hydrogen-bond acceptors (Lipinski definition) is 6. The maximum absolute atomic E-state index is 12.8. The number of nitrogens with zero attached hydrogens (tertiary/aromatic N) is 2. The van der Waals surface area contributed by atoms with Crippen molar-refractivity contribution in [3.63, 3.8) is 0 Å². The quantitative estimate of drug-likeness (QED) is 0.820. The van der Waals surface area contributed by atoms with E-state index in [1.165, 1.54) is 11.0 Å². The lowest BCUT2D eigenvalue weighted by Crippen LogP contribution is -2.29. The molecule has 2 fully saturated rings. The first kappa shape index (κ1) is 18.7. The summed E-state index contributed by atoms with van der Waals surface area (Å²) >= 11 is 0. The molecule has 2 atom stereocenters. The number of carbonyl (C=O) groups is 1. The Hall–Kier alpha value is -2.62. The number of ether oxygens (including phenoxy) is 3. The highest BCUT2D eigenvalue weighted by Crippen LogP contribution is 2.37. The smallest absolute Gasteiger partial charge is 0.407 e. The second-order valence-corrected chi connectivity index (χ2v) is 7.09. The molecule has 3 heterocycles. The molecule has 2 saturated heterocycles. The lowest BCUT2D eigenvalue weighted by Gasteiger charge is -2.19. The molecule has 0 bridgehead atoms. The summed E-state index contributed by atoms with van der Waals surface area (Å²) in [4.78, 5) is 17.9. The van der Waals surface area contributed by atoms with Crippen molar-refractivity contribution in [3.05, 3.63) is 23.8 Å². The molecule has 1 amide bonds. The number of amides is 1. The summed E-state index contributed by atoms with van der Waals surface area (Å²) in [5, 5.41) is 13.2. The third-order valence-corrected chi connectivity index (χ3v) is 5.11. The summed E-state index contributed by atoms with van der Waals surface area (Å²) in [5.41, 5.74) is 0.896. The van der Waals surface area contributed by atoms with Gasteiger partial charge in [0.1, 0.15) is 6.10 Å². The van der Waals surface area contributed by atoms with Gasteiger partial charge in [0.25, 0.3) is 0 Å². The second kappa shape index (κ2) is 7.42. The van der Waals surface area contributed by atoms with Crippen LogP contribution in [0.2, 0.25) is 0 Å². The molecule has 1 spiro atoms. The van der Waals surface area contributed by atoms with Gasteiger partial charge in [-0.2, -0.15) is 8.78 Å². The van der Waals surface area contributed by atoms with Crippen molar-refractivity contribution in [2.75, 3.05) is 26.3 Å². The van der Waals surface area contributed by atoms with Crippen molar-refractivity contribution >= 4 is 11.8 Å². The zero-order valence-electron chi connectivity index (χ0n) is 15.0. The lowest BCUT2D eigenvalue weighted by molar-refractivity contribution is -0.0520. The summed E-state index contributed by atoms with van der Waals surface area (Å²) in [6.07, 6.45) is 0.281. The molecule has 1 aromatic rings. The molecule has 3 aliphatic heterocycles. The first-order chi connectivity index (χ1) is 13.4. The van der Waals surface area contributed by atoms with Crippen LogP contribution in [-0.4, -0.2) is 66.4 Å². The molecular formula is C18H20F2N2O6. The monoisotopic (exact) mass is 398 g/mol. The Morgan fingerprint density at radius 2 is 2.25 bits per heavy atom. The number of hydrogen-bond donors (Lipinski definition) is 1. The van der Waals surface area contributed by atoms with Crippen LogP contribution in [0, 0.1) is 0 Å². The van der Waals surface area contributed by atoms with Gasteiger partial charge in [-0.15, -0.1) is 0 Å². The van der Waals surface area contributed by atoms with Crippen molar-refractivity contribution in [1.29, 1.82) is 0 Å². The number of halogens is 2. The molecule has 0 saturated carbocycles. The molecule has 0 aliphatic carbocycles. The van der Waals surface area contributed by atoms with Gasteiger partial charge in [0.15, 0.2) is 17.1 Å². The molecule has 1 aromatic carbocycles. The predicted octanol–water partition coefficient (Wildman–Crippen LogP) is 2.70. The van der Waals surface area contributed by atoms with E-state index in [9.17, 15) is 13.6 Å². The average molecular weight is 398 g/mol. The third-order valence-electron chi connectivity index (χ3n) is 5.11. The van der Waals surface area contributed by atoms with E-state index >= 15 is 0 Å². The molecule has 152 valence electrons. The Morgan fingerprint density at radius 3 is 2.93 bits per heavy atom. The van der Waals surface area contributed by atoms with Gasteiger partial charge in [-0.05, 0) is 18.2 Å². The van der Waals surface area contributed by atoms with Gasteiger partial charge in [-0.1, -0.05) is 5.16 Å². The van der Waals surface area contributed by atoms with E-state index in [1.807, 2.05) is 0 Å². The Morgan fingerprint density at radius 1 is 1.39 bits per heavy atom. The second-order valence-electron chi connectivity index (χ2n) is 7.09. The van der Waals surface area contributed by atoms with Crippen molar-refractivity contribution in [1.82, 2.24) is 4.90 Å². The standard InChI is InChI=1S/C18H20F2N2O6/c19-16(20)27-14-2-1-11(13-8-18(28-21-13)4-6-25-10-18)7-15(14)26-12-3-5-22(9-12)17(23)24/h1-2,7,12,16H,3-6,8-10H2,(H,23,24)/t12-,18?/m0/s1. The third kappa shape index (κ3) is 3.82. The first-order valence-corrected chi connectivity index (χ1v) is 9.01. The molecule has 1 N–H and O–H groups in total. The van der Waals surface area contributed by atoms with E-state index in [1.54, 1.807) is 12.1 Å². The summed E-state index contributed by atoms with van der Waals surface area (Å²) in [5.74, 6) is 0.0207. The van der Waals surface area contributed by atoms with Crippen LogP contribution in [-0.2, 0) is 9.57 Å². The molecule has 0 radical (unpaired) electrons. The highest BCUT2D eigenvalue weighted by molar-refractivity contribution is 6.02. The van der Waals surface area contributed by atoms with Crippen LogP contribution in [0.15, 0.2) is 23.4 Å². The van der Waals surface area contributed by atoms with E-state index in [0.29, 0.717) is 43.9 Å². The van der Waals surface area contributed by atoms with Crippen molar-refractivity contribution in [3.8, 4) is 11.5 Å². The molecule has 3 aliphatic rings. The molecule has 1 unspecified atom stereocenters. The molecule has 8 nitrogen and oxygen atoms in total. The maximum Gasteiger partial charge on any atom is 0.407 e. The Balaban J connectivity index is 1.53. The van der Waals surface area contributed by atoms with Crippen LogP contribution in [0.4, 0.5) is 13.6 Å². The van der Waals surface area contributed by atoms with Crippen molar-refractivity contribution in [2.24, 2.45) is 5.16 Å². The minimum Gasteiger partial charge on any atom is -0.485 e. The summed E-state index contributed by atoms with van der Waals surface area (Å²) in [6.45, 7) is -1.44. The van der Waals surface area contributed by atoms with Crippen molar-refractivity contribution in [2.45, 2.75) is 37.6 Å². The zero-order chi connectivity index (χ0) is 19.7. The van der Waals surface area contributed by atoms with Gasteiger partial charge in [0.05, 0.1) is 25.5 Å².